The Morgan fingerprint density at radius 2 is 1.96 bits per heavy atom. The van der Waals surface area contributed by atoms with Crippen LogP contribution in [-0.4, -0.2) is 40.9 Å². The van der Waals surface area contributed by atoms with Gasteiger partial charge in [0.05, 0.1) is 25.5 Å². The Labute approximate surface area is 160 Å². The van der Waals surface area contributed by atoms with Crippen molar-refractivity contribution in [3.8, 4) is 22.7 Å². The van der Waals surface area contributed by atoms with Crippen molar-refractivity contribution in [1.82, 2.24) is 14.8 Å². The fourth-order valence-corrected chi connectivity index (χ4v) is 2.68. The predicted molar refractivity (Wildman–Crippen MR) is 102 cm³/mol. The molecular weight excluding hydrogens is 364 g/mol. The lowest BCUT2D eigenvalue weighted by molar-refractivity contribution is -0.118. The van der Waals surface area contributed by atoms with Gasteiger partial charge in [-0.25, -0.2) is 9.89 Å². The zero-order valence-electron chi connectivity index (χ0n) is 15.9. The first-order chi connectivity index (χ1) is 13.3. The van der Waals surface area contributed by atoms with E-state index in [0.29, 0.717) is 17.1 Å². The van der Waals surface area contributed by atoms with Gasteiger partial charge in [-0.1, -0.05) is 13.8 Å². The molecule has 9 heteroatoms. The number of nitrogens with zero attached hydrogens (tertiary/aromatic N) is 2. The number of hydrogen-bond donors (Lipinski definition) is 2. The first kappa shape index (κ1) is 19.2. The molecule has 0 saturated carbocycles. The van der Waals surface area contributed by atoms with E-state index in [1.165, 1.54) is 20.4 Å². The first-order valence-corrected chi connectivity index (χ1v) is 8.53. The number of aromatic amines is 1. The molecule has 1 aromatic rings. The maximum absolute atomic E-state index is 12.1. The number of methoxy groups -OCH3 is 2. The van der Waals surface area contributed by atoms with Gasteiger partial charge in [0.2, 0.25) is 5.91 Å². The van der Waals surface area contributed by atoms with Gasteiger partial charge in [-0.3, -0.25) is 9.59 Å². The molecule has 0 radical (unpaired) electrons. The highest BCUT2D eigenvalue weighted by atomic mass is 16.5. The second-order valence-electron chi connectivity index (χ2n) is 6.41. The van der Waals surface area contributed by atoms with Gasteiger partial charge in [0, 0.05) is 24.0 Å². The predicted octanol–water partition coefficient (Wildman–Crippen LogP) is 2.06. The van der Waals surface area contributed by atoms with Crippen molar-refractivity contribution < 1.29 is 19.1 Å². The zero-order chi connectivity index (χ0) is 20.4. The lowest BCUT2D eigenvalue weighted by Gasteiger charge is -2.16. The van der Waals surface area contributed by atoms with Crippen LogP contribution in [-0.2, 0) is 9.53 Å². The molecule has 0 saturated heterocycles. The quantitative estimate of drug-likeness (QED) is 0.651. The molecule has 0 fully saturated rings. The van der Waals surface area contributed by atoms with E-state index >= 15 is 0 Å². The monoisotopic (exact) mass is 384 g/mol. The number of esters is 1. The summed E-state index contributed by atoms with van der Waals surface area (Å²) in [7, 11) is 2.76. The molecule has 0 aromatic heterocycles. The largest absolute Gasteiger partial charge is 0.495 e. The van der Waals surface area contributed by atoms with Crippen LogP contribution in [0.2, 0.25) is 0 Å². The molecule has 1 amide bonds. The lowest BCUT2D eigenvalue weighted by Crippen LogP contribution is -2.18. The number of rotatable bonds is 5. The van der Waals surface area contributed by atoms with E-state index in [9.17, 15) is 14.4 Å². The van der Waals surface area contributed by atoms with Gasteiger partial charge in [0.15, 0.2) is 0 Å². The number of pyridine rings is 1. The van der Waals surface area contributed by atoms with E-state index in [2.05, 4.69) is 15.5 Å². The number of carbonyl (C=O) groups is 2. The molecule has 0 spiro atoms. The Morgan fingerprint density at radius 3 is 2.61 bits per heavy atom. The summed E-state index contributed by atoms with van der Waals surface area (Å²) in [6, 6.07) is 5.12. The van der Waals surface area contributed by atoms with Crippen LogP contribution >= 0.6 is 0 Å². The summed E-state index contributed by atoms with van der Waals surface area (Å²) in [6.45, 7) is 3.57. The second kappa shape index (κ2) is 7.55. The molecule has 28 heavy (non-hydrogen) atoms. The van der Waals surface area contributed by atoms with Crippen molar-refractivity contribution in [1.29, 1.82) is 0 Å². The molecule has 0 aliphatic carbocycles. The number of nitrogens with one attached hydrogen (secondary N) is 2. The Bertz CT molecular complexity index is 1070. The van der Waals surface area contributed by atoms with Gasteiger partial charge in [-0.05, 0) is 18.2 Å². The third-order valence-corrected chi connectivity index (χ3v) is 4.23. The van der Waals surface area contributed by atoms with Crippen LogP contribution in [0, 0.1) is 5.92 Å². The van der Waals surface area contributed by atoms with Crippen molar-refractivity contribution in [2.75, 3.05) is 19.5 Å². The van der Waals surface area contributed by atoms with Gasteiger partial charge in [0.1, 0.15) is 17.0 Å². The highest BCUT2D eigenvalue weighted by Crippen LogP contribution is 2.29. The summed E-state index contributed by atoms with van der Waals surface area (Å²) in [5, 5.41) is 9.05. The second-order valence-corrected chi connectivity index (χ2v) is 6.41. The minimum atomic E-state index is -0.618. The van der Waals surface area contributed by atoms with Crippen molar-refractivity contribution >= 4 is 17.6 Å². The minimum absolute atomic E-state index is 0.141. The maximum atomic E-state index is 12.1. The molecule has 9 nitrogen and oxygen atoms in total. The van der Waals surface area contributed by atoms with E-state index in [1.807, 2.05) is 0 Å². The van der Waals surface area contributed by atoms with Gasteiger partial charge < -0.3 is 19.4 Å². The number of H-pyrrole nitrogens is 1. The van der Waals surface area contributed by atoms with Crippen LogP contribution in [0.3, 0.4) is 0 Å². The first-order valence-electron chi connectivity index (χ1n) is 8.53. The van der Waals surface area contributed by atoms with Crippen LogP contribution in [0.25, 0.3) is 16.9 Å². The van der Waals surface area contributed by atoms with Gasteiger partial charge in [0.25, 0.3) is 5.56 Å². The number of benzene rings is 1. The molecule has 0 unspecified atom stereocenters. The molecule has 2 aliphatic heterocycles. The normalized spacial score (nSPS) is 10.9. The van der Waals surface area contributed by atoms with E-state index in [0.717, 1.165) is 0 Å². The molecule has 1 aromatic carbocycles. The topological polar surface area (TPSA) is 115 Å². The number of fused-ring (bicyclic) bond motifs is 1. The molecule has 2 heterocycles. The molecule has 2 aliphatic rings. The Morgan fingerprint density at radius 1 is 1.21 bits per heavy atom. The molecular formula is C19H20N4O5. The average Bonchev–Trinajstić information content (AvgIpc) is 3.07. The van der Waals surface area contributed by atoms with Gasteiger partial charge >= 0.3 is 5.97 Å². The summed E-state index contributed by atoms with van der Waals surface area (Å²) < 4.78 is 11.7. The number of carbonyl (C=O) groups excluding carboxylic acids is 2. The smallest absolute Gasteiger partial charge is 0.341 e. The fourth-order valence-electron chi connectivity index (χ4n) is 2.68. The van der Waals surface area contributed by atoms with E-state index in [1.54, 1.807) is 42.8 Å². The molecule has 146 valence electrons. The molecule has 0 bridgehead atoms. The Hall–Kier alpha value is -3.62. The molecule has 2 N–H and O–H groups in total. The fraction of sp³-hybridized carbons (Fsp3) is 0.263. The highest BCUT2D eigenvalue weighted by Gasteiger charge is 2.22. The van der Waals surface area contributed by atoms with E-state index in [-0.39, 0.29) is 28.6 Å². The van der Waals surface area contributed by atoms with E-state index < -0.39 is 11.5 Å². The SMILES string of the molecule is COC(=O)c1cn(-c2ccc(OC)c(NC(=O)C(C)C)c2)cc2c(=O)[nH]nc1-2. The summed E-state index contributed by atoms with van der Waals surface area (Å²) in [5.41, 5.74) is 1.27. The Balaban J connectivity index is 2.15. The van der Waals surface area contributed by atoms with Crippen molar-refractivity contribution in [2.24, 2.45) is 5.92 Å². The minimum Gasteiger partial charge on any atom is -0.495 e. The summed E-state index contributed by atoms with van der Waals surface area (Å²) in [6.07, 6.45) is 3.08. The maximum Gasteiger partial charge on any atom is 0.341 e. The summed E-state index contributed by atoms with van der Waals surface area (Å²) in [5.74, 6) is -0.506. The van der Waals surface area contributed by atoms with Crippen molar-refractivity contribution in [3.63, 3.8) is 0 Å². The van der Waals surface area contributed by atoms with E-state index in [4.69, 9.17) is 9.47 Å². The van der Waals surface area contributed by atoms with Crippen LogP contribution in [0.4, 0.5) is 5.69 Å². The number of anilines is 1. The number of amides is 1. The van der Waals surface area contributed by atoms with Crippen LogP contribution in [0.5, 0.6) is 5.75 Å². The van der Waals surface area contributed by atoms with Crippen LogP contribution < -0.4 is 15.6 Å². The number of hydrogen-bond acceptors (Lipinski definition) is 6. The lowest BCUT2D eigenvalue weighted by atomic mass is 10.1. The number of ether oxygens (including phenoxy) is 2. The van der Waals surface area contributed by atoms with Gasteiger partial charge in [-0.2, -0.15) is 5.10 Å². The molecule has 3 rings (SSSR count). The average molecular weight is 384 g/mol. The van der Waals surface area contributed by atoms with Crippen LogP contribution in [0.1, 0.15) is 24.2 Å². The summed E-state index contributed by atoms with van der Waals surface area (Å²) in [4.78, 5) is 36.3. The summed E-state index contributed by atoms with van der Waals surface area (Å²) >= 11 is 0. The van der Waals surface area contributed by atoms with Crippen molar-refractivity contribution in [2.45, 2.75) is 13.8 Å². The third kappa shape index (κ3) is 3.46. The molecule has 0 atom stereocenters. The zero-order valence-corrected chi connectivity index (χ0v) is 15.9. The van der Waals surface area contributed by atoms with Gasteiger partial charge in [-0.15, -0.1) is 0 Å². The number of aromatic nitrogens is 3. The highest BCUT2D eigenvalue weighted by molar-refractivity contribution is 5.96. The van der Waals surface area contributed by atoms with Crippen molar-refractivity contribution in [3.05, 3.63) is 46.5 Å². The Kier molecular flexibility index (Phi) is 5.16. The standard InChI is InChI=1S/C19H20N4O5/c1-10(2)17(24)20-14-7-11(5-6-15(14)27-3)23-8-12-16(21-22-18(12)25)13(9-23)19(26)28-4/h5-10H,1-4H3,(H,20,24)(H,22,25). The van der Waals surface area contributed by atoms with Crippen LogP contribution in [0.15, 0.2) is 35.4 Å². The third-order valence-electron chi connectivity index (χ3n) is 4.23.